The van der Waals surface area contributed by atoms with Crippen LogP contribution in [0.15, 0.2) is 17.0 Å². The van der Waals surface area contributed by atoms with Crippen molar-refractivity contribution < 1.29 is 27.9 Å². The molecule has 1 atom stereocenters. The molecule has 8 nitrogen and oxygen atoms in total. The van der Waals surface area contributed by atoms with Crippen molar-refractivity contribution >= 4 is 45.1 Å². The van der Waals surface area contributed by atoms with Gasteiger partial charge in [0, 0.05) is 5.02 Å². The summed E-state index contributed by atoms with van der Waals surface area (Å²) in [6.07, 6.45) is 1.86. The van der Waals surface area contributed by atoms with E-state index in [1.165, 1.54) is 13.2 Å². The number of sulfonamides is 1. The van der Waals surface area contributed by atoms with Gasteiger partial charge >= 0.3 is 5.97 Å². The van der Waals surface area contributed by atoms with Gasteiger partial charge in [0.05, 0.1) is 18.7 Å². The third kappa shape index (κ3) is 6.31. The minimum absolute atomic E-state index is 0.00273. The van der Waals surface area contributed by atoms with Gasteiger partial charge < -0.3 is 15.2 Å². The second-order valence-electron chi connectivity index (χ2n) is 5.34. The van der Waals surface area contributed by atoms with Crippen molar-refractivity contribution in [3.8, 4) is 5.75 Å². The smallest absolute Gasteiger partial charge is 0.328 e. The van der Waals surface area contributed by atoms with Crippen LogP contribution in [0.4, 0.5) is 0 Å². The number of hydrogen-bond acceptors (Lipinski definition) is 6. The Morgan fingerprint density at radius 3 is 2.54 bits per heavy atom. The van der Waals surface area contributed by atoms with Gasteiger partial charge in [-0.05, 0) is 18.6 Å². The number of phenolic OH excluding ortho intramolecular Hbond substituents is 1. The van der Waals surface area contributed by atoms with E-state index in [9.17, 15) is 23.1 Å². The average Bonchev–Trinajstić information content (AvgIpc) is 2.59. The van der Waals surface area contributed by atoms with Crippen molar-refractivity contribution in [2.45, 2.75) is 37.1 Å². The predicted octanol–water partition coefficient (Wildman–Crippen LogP) is 1.83. The lowest BCUT2D eigenvalue weighted by Crippen LogP contribution is -2.45. The fourth-order valence-electron chi connectivity index (χ4n) is 2.03. The molecule has 0 saturated heterocycles. The summed E-state index contributed by atoms with van der Waals surface area (Å²) in [6.45, 7) is 1.28. The molecule has 0 aliphatic heterocycles. The summed E-state index contributed by atoms with van der Waals surface area (Å²) in [4.78, 5) is 23.1. The molecule has 0 aliphatic carbocycles. The SMILES string of the molecule is CCCCC(NC(=O)CNS(=O)(=O)c1cc(Cl)cc(Cl)c1O)C(=O)OC. The van der Waals surface area contributed by atoms with Gasteiger partial charge in [-0.3, -0.25) is 4.79 Å². The van der Waals surface area contributed by atoms with Crippen LogP contribution in [0.2, 0.25) is 10.0 Å². The van der Waals surface area contributed by atoms with Crippen LogP contribution in [0.1, 0.15) is 26.2 Å². The normalized spacial score (nSPS) is 12.5. The predicted molar refractivity (Wildman–Crippen MR) is 96.8 cm³/mol. The number of amides is 1. The van der Waals surface area contributed by atoms with Crippen molar-refractivity contribution in [2.24, 2.45) is 0 Å². The minimum Gasteiger partial charge on any atom is -0.505 e. The average molecular weight is 427 g/mol. The standard InChI is InChI=1S/C15H20Cl2N2O6S/c1-3-4-5-11(15(22)25-2)19-13(20)8-18-26(23,24)12-7-9(16)6-10(17)14(12)21/h6-7,11,18,21H,3-5,8H2,1-2H3,(H,19,20). The summed E-state index contributed by atoms with van der Waals surface area (Å²) in [6, 6.07) is 1.31. The van der Waals surface area contributed by atoms with Crippen molar-refractivity contribution in [1.29, 1.82) is 0 Å². The Morgan fingerprint density at radius 1 is 1.31 bits per heavy atom. The van der Waals surface area contributed by atoms with E-state index in [4.69, 9.17) is 23.2 Å². The molecule has 0 aromatic heterocycles. The van der Waals surface area contributed by atoms with Crippen LogP contribution >= 0.6 is 23.2 Å². The minimum atomic E-state index is -4.26. The number of carbonyl (C=O) groups excluding carboxylic acids is 2. The highest BCUT2D eigenvalue weighted by Crippen LogP contribution is 2.33. The van der Waals surface area contributed by atoms with Gasteiger partial charge in [-0.25, -0.2) is 17.9 Å². The monoisotopic (exact) mass is 426 g/mol. The number of ether oxygens (including phenoxy) is 1. The Balaban J connectivity index is 2.80. The molecule has 1 amide bonds. The van der Waals surface area contributed by atoms with E-state index in [0.29, 0.717) is 12.8 Å². The van der Waals surface area contributed by atoms with Crippen LogP contribution < -0.4 is 10.0 Å². The summed E-state index contributed by atoms with van der Waals surface area (Å²) in [5.41, 5.74) is 0. The van der Waals surface area contributed by atoms with Crippen molar-refractivity contribution in [3.63, 3.8) is 0 Å². The summed E-state index contributed by atoms with van der Waals surface area (Å²) >= 11 is 11.4. The molecule has 0 radical (unpaired) electrons. The van der Waals surface area contributed by atoms with E-state index in [-0.39, 0.29) is 10.0 Å². The number of carbonyl (C=O) groups is 2. The van der Waals surface area contributed by atoms with E-state index in [2.05, 4.69) is 10.1 Å². The molecule has 1 aromatic carbocycles. The maximum atomic E-state index is 12.2. The maximum Gasteiger partial charge on any atom is 0.328 e. The Labute approximate surface area is 161 Å². The van der Waals surface area contributed by atoms with Gasteiger partial charge in [-0.15, -0.1) is 0 Å². The van der Waals surface area contributed by atoms with Gasteiger partial charge in [0.15, 0.2) is 5.75 Å². The number of aromatic hydroxyl groups is 1. The number of hydrogen-bond donors (Lipinski definition) is 3. The molecule has 0 aliphatic rings. The zero-order valence-electron chi connectivity index (χ0n) is 14.2. The molecular formula is C15H20Cl2N2O6S. The Kier molecular flexibility index (Phi) is 8.61. The topological polar surface area (TPSA) is 122 Å². The largest absolute Gasteiger partial charge is 0.505 e. The van der Waals surface area contributed by atoms with Gasteiger partial charge in [-0.2, -0.15) is 0 Å². The molecule has 1 unspecified atom stereocenters. The van der Waals surface area contributed by atoms with E-state index in [1.807, 2.05) is 11.6 Å². The summed E-state index contributed by atoms with van der Waals surface area (Å²) in [7, 11) is -3.06. The van der Waals surface area contributed by atoms with Crippen molar-refractivity contribution in [2.75, 3.05) is 13.7 Å². The molecule has 3 N–H and O–H groups in total. The second-order valence-corrected chi connectivity index (χ2v) is 7.92. The maximum absolute atomic E-state index is 12.2. The number of phenols is 1. The highest BCUT2D eigenvalue weighted by Gasteiger charge is 2.24. The number of rotatable bonds is 9. The molecule has 0 fully saturated rings. The lowest BCUT2D eigenvalue weighted by molar-refractivity contribution is -0.145. The molecule has 0 spiro atoms. The molecule has 26 heavy (non-hydrogen) atoms. The summed E-state index contributed by atoms with van der Waals surface area (Å²) in [5.74, 6) is -2.03. The number of nitrogens with one attached hydrogen (secondary N) is 2. The molecule has 0 heterocycles. The van der Waals surface area contributed by atoms with Gasteiger partial charge in [0.1, 0.15) is 10.9 Å². The van der Waals surface area contributed by atoms with E-state index < -0.39 is 45.1 Å². The highest BCUT2D eigenvalue weighted by atomic mass is 35.5. The van der Waals surface area contributed by atoms with E-state index in [1.54, 1.807) is 0 Å². The first kappa shape index (κ1) is 22.5. The fraction of sp³-hybridized carbons (Fsp3) is 0.467. The van der Waals surface area contributed by atoms with Crippen LogP contribution in [0.5, 0.6) is 5.75 Å². The molecule has 0 saturated carbocycles. The van der Waals surface area contributed by atoms with Crippen LogP contribution in [0.3, 0.4) is 0 Å². The lowest BCUT2D eigenvalue weighted by atomic mass is 10.1. The van der Waals surface area contributed by atoms with Crippen LogP contribution in [0, 0.1) is 0 Å². The molecule has 11 heteroatoms. The lowest BCUT2D eigenvalue weighted by Gasteiger charge is -2.16. The quantitative estimate of drug-likeness (QED) is 0.517. The Bertz CT molecular complexity index is 770. The zero-order valence-corrected chi connectivity index (χ0v) is 16.5. The van der Waals surface area contributed by atoms with Gasteiger partial charge in [-0.1, -0.05) is 43.0 Å². The zero-order chi connectivity index (χ0) is 19.9. The van der Waals surface area contributed by atoms with Crippen LogP contribution in [-0.2, 0) is 24.3 Å². The Hall–Kier alpha value is -1.55. The highest BCUT2D eigenvalue weighted by molar-refractivity contribution is 7.89. The van der Waals surface area contributed by atoms with Crippen molar-refractivity contribution in [1.82, 2.24) is 10.0 Å². The number of unbranched alkanes of at least 4 members (excludes halogenated alkanes) is 1. The van der Waals surface area contributed by atoms with E-state index in [0.717, 1.165) is 12.5 Å². The Morgan fingerprint density at radius 2 is 1.96 bits per heavy atom. The van der Waals surface area contributed by atoms with Gasteiger partial charge in [0.25, 0.3) is 0 Å². The molecule has 1 rings (SSSR count). The van der Waals surface area contributed by atoms with Crippen molar-refractivity contribution in [3.05, 3.63) is 22.2 Å². The molecule has 1 aromatic rings. The first-order valence-electron chi connectivity index (χ1n) is 7.67. The van der Waals surface area contributed by atoms with E-state index >= 15 is 0 Å². The van der Waals surface area contributed by atoms with Crippen LogP contribution in [-0.4, -0.2) is 45.1 Å². The third-order valence-corrected chi connectivity index (χ3v) is 5.29. The van der Waals surface area contributed by atoms with Crippen LogP contribution in [0.25, 0.3) is 0 Å². The number of halogens is 2. The molecular weight excluding hydrogens is 407 g/mol. The number of methoxy groups -OCH3 is 1. The summed E-state index contributed by atoms with van der Waals surface area (Å²) in [5, 5.41) is 12.0. The first-order chi connectivity index (χ1) is 12.1. The first-order valence-corrected chi connectivity index (χ1v) is 9.91. The summed E-state index contributed by atoms with van der Waals surface area (Å²) < 4.78 is 31.1. The van der Waals surface area contributed by atoms with Gasteiger partial charge in [0.2, 0.25) is 15.9 Å². The number of benzene rings is 1. The third-order valence-electron chi connectivity index (χ3n) is 3.37. The molecule has 0 bridgehead atoms. The second kappa shape index (κ2) is 9.96. The number of esters is 1. The molecule has 146 valence electrons. The fourth-order valence-corrected chi connectivity index (χ4v) is 3.77.